The van der Waals surface area contributed by atoms with Gasteiger partial charge < -0.3 is 5.32 Å². The number of thiazole rings is 1. The molecule has 0 saturated carbocycles. The van der Waals surface area contributed by atoms with Crippen LogP contribution in [0.15, 0.2) is 58.5 Å². The Labute approximate surface area is 176 Å². The monoisotopic (exact) mass is 453 g/mol. The molecule has 1 N–H and O–H groups in total. The van der Waals surface area contributed by atoms with Crippen LogP contribution in [0.1, 0.15) is 23.7 Å². The minimum atomic E-state index is -0.0380. The summed E-state index contributed by atoms with van der Waals surface area (Å²) in [6, 6.07) is 14.3. The number of nitrogens with zero attached hydrogens (tertiary/aromatic N) is 2. The van der Waals surface area contributed by atoms with Crippen molar-refractivity contribution in [2.24, 2.45) is 0 Å². The van der Waals surface area contributed by atoms with E-state index < -0.39 is 0 Å². The maximum absolute atomic E-state index is 12.5. The Balaban J connectivity index is 1.53. The number of hydrogen-bond donors (Lipinski definition) is 1. The molecule has 2 aromatic heterocycles. The summed E-state index contributed by atoms with van der Waals surface area (Å²) in [7, 11) is 0. The van der Waals surface area contributed by atoms with E-state index in [1.807, 2.05) is 41.1 Å². The maximum Gasteiger partial charge on any atom is 0.230 e. The lowest BCUT2D eigenvalue weighted by molar-refractivity contribution is -0.115. The van der Waals surface area contributed by atoms with Crippen LogP contribution in [0, 0.1) is 6.92 Å². The van der Waals surface area contributed by atoms with E-state index in [0.717, 1.165) is 44.1 Å². The number of fused-ring (bicyclic) bond motifs is 1. The third-order valence-electron chi connectivity index (χ3n) is 4.72. The highest BCUT2D eigenvalue weighted by atomic mass is 79.9. The van der Waals surface area contributed by atoms with Crippen LogP contribution in [-0.4, -0.2) is 15.3 Å². The summed E-state index contributed by atoms with van der Waals surface area (Å²) in [5, 5.41) is 4.97. The Bertz CT molecular complexity index is 1140. The van der Waals surface area contributed by atoms with Gasteiger partial charge in [0.15, 0.2) is 4.96 Å². The molecule has 0 saturated heterocycles. The van der Waals surface area contributed by atoms with Gasteiger partial charge in [0.05, 0.1) is 12.1 Å². The van der Waals surface area contributed by atoms with Crippen molar-refractivity contribution in [1.82, 2.24) is 9.38 Å². The van der Waals surface area contributed by atoms with E-state index in [4.69, 9.17) is 4.98 Å². The SMILES string of the molecule is CCc1ccc(-c2cn3c(CC(=O)Nc4ccc(Br)c(C)c4)csc3n2)cc1. The number of halogens is 1. The minimum absolute atomic E-state index is 0.0380. The van der Waals surface area contributed by atoms with E-state index in [-0.39, 0.29) is 5.91 Å². The zero-order chi connectivity index (χ0) is 19.7. The van der Waals surface area contributed by atoms with Gasteiger partial charge in [-0.25, -0.2) is 4.98 Å². The number of benzene rings is 2. The Morgan fingerprint density at radius 2 is 2.00 bits per heavy atom. The number of imidazole rings is 1. The van der Waals surface area contributed by atoms with Crippen molar-refractivity contribution in [2.75, 3.05) is 5.32 Å². The lowest BCUT2D eigenvalue weighted by atomic mass is 10.1. The molecule has 0 aliphatic heterocycles. The predicted octanol–water partition coefficient (Wildman–Crippen LogP) is 5.88. The second kappa shape index (κ2) is 7.89. The number of carbonyl (C=O) groups is 1. The van der Waals surface area contributed by atoms with E-state index in [1.54, 1.807) is 11.3 Å². The lowest BCUT2D eigenvalue weighted by Crippen LogP contribution is -2.15. The molecule has 6 heteroatoms. The third-order valence-corrected chi connectivity index (χ3v) is 6.50. The summed E-state index contributed by atoms with van der Waals surface area (Å²) in [5.74, 6) is -0.0380. The van der Waals surface area contributed by atoms with Crippen LogP contribution in [0.3, 0.4) is 0 Å². The standard InChI is InChI=1S/C22H20BrN3OS/c1-3-15-4-6-16(7-5-15)20-12-26-18(13-28-22(26)25-20)11-21(27)24-17-8-9-19(23)14(2)10-17/h4-10,12-13H,3,11H2,1-2H3,(H,24,27). The van der Waals surface area contributed by atoms with Crippen molar-refractivity contribution in [3.63, 3.8) is 0 Å². The smallest absolute Gasteiger partial charge is 0.230 e. The van der Waals surface area contributed by atoms with Crippen LogP contribution in [0.5, 0.6) is 0 Å². The van der Waals surface area contributed by atoms with Gasteiger partial charge in [0.1, 0.15) is 0 Å². The molecule has 4 nitrogen and oxygen atoms in total. The summed E-state index contributed by atoms with van der Waals surface area (Å²) >= 11 is 5.03. The van der Waals surface area contributed by atoms with Crippen LogP contribution in [-0.2, 0) is 17.6 Å². The fraction of sp³-hybridized carbons (Fsp3) is 0.182. The third kappa shape index (κ3) is 3.88. The normalized spacial score (nSPS) is 11.1. The van der Waals surface area contributed by atoms with Gasteiger partial charge in [-0.15, -0.1) is 11.3 Å². The van der Waals surface area contributed by atoms with Crippen molar-refractivity contribution in [2.45, 2.75) is 26.7 Å². The molecule has 0 spiro atoms. The number of nitrogens with one attached hydrogen (secondary N) is 1. The van der Waals surface area contributed by atoms with Crippen molar-refractivity contribution >= 4 is 43.8 Å². The Hall–Kier alpha value is -2.44. The maximum atomic E-state index is 12.5. The average Bonchev–Trinajstić information content (AvgIpc) is 3.27. The largest absolute Gasteiger partial charge is 0.326 e. The first kappa shape index (κ1) is 18.9. The topological polar surface area (TPSA) is 46.4 Å². The van der Waals surface area contributed by atoms with Gasteiger partial charge in [0.25, 0.3) is 0 Å². The van der Waals surface area contributed by atoms with E-state index in [2.05, 4.69) is 52.4 Å². The van der Waals surface area contributed by atoms with E-state index >= 15 is 0 Å². The van der Waals surface area contributed by atoms with Crippen molar-refractivity contribution in [3.8, 4) is 11.3 Å². The van der Waals surface area contributed by atoms with Crippen LogP contribution >= 0.6 is 27.3 Å². The molecule has 2 heterocycles. The number of aryl methyl sites for hydroxylation is 2. The molecule has 4 rings (SSSR count). The fourth-order valence-corrected chi connectivity index (χ4v) is 4.22. The summed E-state index contributed by atoms with van der Waals surface area (Å²) in [6.07, 6.45) is 3.34. The van der Waals surface area contributed by atoms with Crippen LogP contribution < -0.4 is 5.32 Å². The van der Waals surface area contributed by atoms with E-state index in [0.29, 0.717) is 6.42 Å². The molecule has 0 unspecified atom stereocenters. The first-order valence-electron chi connectivity index (χ1n) is 9.14. The van der Waals surface area contributed by atoms with Crippen LogP contribution in [0.25, 0.3) is 16.2 Å². The highest BCUT2D eigenvalue weighted by Gasteiger charge is 2.13. The van der Waals surface area contributed by atoms with Crippen LogP contribution in [0.2, 0.25) is 0 Å². The molecule has 28 heavy (non-hydrogen) atoms. The summed E-state index contributed by atoms with van der Waals surface area (Å²) in [6.45, 7) is 4.15. The van der Waals surface area contributed by atoms with Gasteiger partial charge in [-0.3, -0.25) is 9.20 Å². The zero-order valence-electron chi connectivity index (χ0n) is 15.7. The molecular weight excluding hydrogens is 434 g/mol. The Kier molecular flexibility index (Phi) is 5.33. The molecule has 0 atom stereocenters. The molecule has 142 valence electrons. The predicted molar refractivity (Wildman–Crippen MR) is 119 cm³/mol. The quantitative estimate of drug-likeness (QED) is 0.410. The molecule has 0 aliphatic rings. The van der Waals surface area contributed by atoms with Gasteiger partial charge in [0, 0.05) is 33.0 Å². The first-order valence-corrected chi connectivity index (χ1v) is 10.8. The van der Waals surface area contributed by atoms with Gasteiger partial charge in [0.2, 0.25) is 5.91 Å². The number of hydrogen-bond acceptors (Lipinski definition) is 3. The molecule has 0 radical (unpaired) electrons. The fourth-order valence-electron chi connectivity index (χ4n) is 3.10. The molecule has 0 aliphatic carbocycles. The van der Waals surface area contributed by atoms with Gasteiger partial charge >= 0.3 is 0 Å². The highest BCUT2D eigenvalue weighted by Crippen LogP contribution is 2.25. The molecule has 4 aromatic rings. The summed E-state index contributed by atoms with van der Waals surface area (Å²) in [4.78, 5) is 18.1. The second-order valence-electron chi connectivity index (χ2n) is 6.75. The molecular formula is C22H20BrN3OS. The molecule has 0 bridgehead atoms. The molecule has 1 amide bonds. The van der Waals surface area contributed by atoms with Crippen LogP contribution in [0.4, 0.5) is 5.69 Å². The van der Waals surface area contributed by atoms with Gasteiger partial charge in [-0.05, 0) is 42.7 Å². The number of aromatic nitrogens is 2. The van der Waals surface area contributed by atoms with Crippen molar-refractivity contribution in [3.05, 3.63) is 75.3 Å². The van der Waals surface area contributed by atoms with E-state index in [1.165, 1.54) is 5.56 Å². The highest BCUT2D eigenvalue weighted by molar-refractivity contribution is 9.10. The van der Waals surface area contributed by atoms with Gasteiger partial charge in [-0.2, -0.15) is 0 Å². The molecule has 0 fully saturated rings. The zero-order valence-corrected chi connectivity index (χ0v) is 18.1. The number of amides is 1. The number of carbonyl (C=O) groups excluding carboxylic acids is 1. The van der Waals surface area contributed by atoms with E-state index in [9.17, 15) is 4.79 Å². The number of rotatable bonds is 5. The Morgan fingerprint density at radius 3 is 2.71 bits per heavy atom. The van der Waals surface area contributed by atoms with Crippen molar-refractivity contribution in [1.29, 1.82) is 0 Å². The lowest BCUT2D eigenvalue weighted by Gasteiger charge is -2.07. The number of anilines is 1. The summed E-state index contributed by atoms with van der Waals surface area (Å²) in [5.41, 5.74) is 6.16. The molecule has 2 aromatic carbocycles. The first-order chi connectivity index (χ1) is 13.5. The minimum Gasteiger partial charge on any atom is -0.326 e. The van der Waals surface area contributed by atoms with Gasteiger partial charge in [-0.1, -0.05) is 47.1 Å². The van der Waals surface area contributed by atoms with Crippen molar-refractivity contribution < 1.29 is 4.79 Å². The average molecular weight is 454 g/mol. The summed E-state index contributed by atoms with van der Waals surface area (Å²) < 4.78 is 3.04. The second-order valence-corrected chi connectivity index (χ2v) is 8.44. The Morgan fingerprint density at radius 1 is 1.21 bits per heavy atom.